The van der Waals surface area contributed by atoms with Gasteiger partial charge in [0.05, 0.1) is 10.7 Å². The molecule has 0 unspecified atom stereocenters. The first-order valence-corrected chi connectivity index (χ1v) is 6.81. The number of hydrogen-bond acceptors (Lipinski definition) is 4. The molecule has 21 heavy (non-hydrogen) atoms. The molecule has 7 heteroatoms. The van der Waals surface area contributed by atoms with Crippen LogP contribution in [0.4, 0.5) is 14.5 Å². The van der Waals surface area contributed by atoms with Crippen molar-refractivity contribution >= 4 is 23.2 Å². The monoisotopic (exact) mass is 309 g/mol. The number of carbonyl (C=O) groups excluding carboxylic acids is 1. The third-order valence-electron chi connectivity index (χ3n) is 2.64. The van der Waals surface area contributed by atoms with Gasteiger partial charge in [0, 0.05) is 22.6 Å². The predicted octanol–water partition coefficient (Wildman–Crippen LogP) is 3.85. The minimum atomic E-state index is -0.984. The van der Waals surface area contributed by atoms with Gasteiger partial charge in [-0.2, -0.15) is 0 Å². The highest BCUT2D eigenvalue weighted by Crippen LogP contribution is 2.22. The van der Waals surface area contributed by atoms with Gasteiger partial charge in [-0.3, -0.25) is 14.9 Å². The van der Waals surface area contributed by atoms with Gasteiger partial charge >= 0.3 is 0 Å². The Labute approximate surface area is 122 Å². The van der Waals surface area contributed by atoms with Crippen molar-refractivity contribution in [2.24, 2.45) is 0 Å². The average Bonchev–Trinajstić information content (AvgIpc) is 2.48. The Hall–Kier alpha value is -2.28. The predicted molar refractivity (Wildman–Crippen MR) is 74.5 cm³/mol. The molecular formula is C14H9F2NO3S. The lowest BCUT2D eigenvalue weighted by molar-refractivity contribution is -0.384. The minimum Gasteiger partial charge on any atom is -0.293 e. The van der Waals surface area contributed by atoms with Crippen LogP contribution in [0.1, 0.15) is 10.4 Å². The Balaban J connectivity index is 2.06. The van der Waals surface area contributed by atoms with Crippen LogP contribution in [0.25, 0.3) is 0 Å². The van der Waals surface area contributed by atoms with Gasteiger partial charge in [-0.15, -0.1) is 11.8 Å². The highest BCUT2D eigenvalue weighted by Gasteiger charge is 2.12. The molecule has 2 rings (SSSR count). The zero-order valence-corrected chi connectivity index (χ0v) is 11.4. The lowest BCUT2D eigenvalue weighted by Gasteiger charge is -2.02. The quantitative estimate of drug-likeness (QED) is 0.364. The first-order valence-electron chi connectivity index (χ1n) is 5.83. The molecule has 2 aromatic carbocycles. The Morgan fingerprint density at radius 2 is 1.90 bits per heavy atom. The Morgan fingerprint density at radius 1 is 1.14 bits per heavy atom. The van der Waals surface area contributed by atoms with E-state index in [1.54, 1.807) is 0 Å². The highest BCUT2D eigenvalue weighted by atomic mass is 32.2. The van der Waals surface area contributed by atoms with Crippen LogP contribution >= 0.6 is 11.8 Å². The van der Waals surface area contributed by atoms with Crippen molar-refractivity contribution < 1.29 is 18.5 Å². The van der Waals surface area contributed by atoms with E-state index in [2.05, 4.69) is 0 Å². The number of hydrogen-bond donors (Lipinski definition) is 0. The number of carbonyl (C=O) groups is 1. The summed E-state index contributed by atoms with van der Waals surface area (Å²) in [5, 5.41) is 10.6. The molecule has 0 aromatic heterocycles. The summed E-state index contributed by atoms with van der Waals surface area (Å²) in [5.41, 5.74) is 0.0398. The van der Waals surface area contributed by atoms with E-state index in [1.807, 2.05) is 0 Å². The van der Waals surface area contributed by atoms with E-state index in [4.69, 9.17) is 0 Å². The lowest BCUT2D eigenvalue weighted by atomic mass is 10.1. The average molecular weight is 309 g/mol. The SMILES string of the molecule is O=C(CSc1ccc(F)c(F)c1)c1cccc([N+](=O)[O-])c1. The second-order valence-electron chi connectivity index (χ2n) is 4.10. The molecule has 0 saturated heterocycles. The Bertz CT molecular complexity index is 706. The fourth-order valence-corrected chi connectivity index (χ4v) is 2.41. The van der Waals surface area contributed by atoms with Gasteiger partial charge in [-0.25, -0.2) is 8.78 Å². The van der Waals surface area contributed by atoms with Crippen molar-refractivity contribution in [2.45, 2.75) is 4.90 Å². The largest absolute Gasteiger partial charge is 0.293 e. The van der Waals surface area contributed by atoms with Crippen LogP contribution in [0.15, 0.2) is 47.4 Å². The number of rotatable bonds is 5. The minimum absolute atomic E-state index is 0.0216. The van der Waals surface area contributed by atoms with E-state index in [0.29, 0.717) is 4.90 Å². The van der Waals surface area contributed by atoms with E-state index >= 15 is 0 Å². The van der Waals surface area contributed by atoms with Gasteiger partial charge in [-0.1, -0.05) is 12.1 Å². The van der Waals surface area contributed by atoms with Gasteiger partial charge in [0.2, 0.25) is 0 Å². The maximum absolute atomic E-state index is 13.0. The molecule has 2 aromatic rings. The summed E-state index contributed by atoms with van der Waals surface area (Å²) in [4.78, 5) is 22.4. The van der Waals surface area contributed by atoms with Gasteiger partial charge in [-0.05, 0) is 18.2 Å². The lowest BCUT2D eigenvalue weighted by Crippen LogP contribution is -2.03. The standard InChI is InChI=1S/C14H9F2NO3S/c15-12-5-4-11(7-13(12)16)21-8-14(18)9-2-1-3-10(6-9)17(19)20/h1-7H,8H2. The number of thioether (sulfide) groups is 1. The van der Waals surface area contributed by atoms with Crippen LogP contribution in [0, 0.1) is 21.7 Å². The summed E-state index contributed by atoms with van der Waals surface area (Å²) < 4.78 is 25.8. The fourth-order valence-electron chi connectivity index (χ4n) is 1.59. The van der Waals surface area contributed by atoms with Crippen LogP contribution in [-0.4, -0.2) is 16.5 Å². The number of Topliss-reactive ketones (excluding diaryl/α,β-unsaturated/α-hetero) is 1. The first-order chi connectivity index (χ1) is 9.97. The van der Waals surface area contributed by atoms with Crippen LogP contribution in [0.3, 0.4) is 0 Å². The third-order valence-corrected chi connectivity index (χ3v) is 3.63. The topological polar surface area (TPSA) is 60.2 Å². The van der Waals surface area contributed by atoms with E-state index in [-0.39, 0.29) is 22.8 Å². The Morgan fingerprint density at radius 3 is 2.57 bits per heavy atom. The summed E-state index contributed by atoms with van der Waals surface area (Å²) in [5.74, 6) is -2.28. The summed E-state index contributed by atoms with van der Waals surface area (Å²) in [6.07, 6.45) is 0. The van der Waals surface area contributed by atoms with Crippen molar-refractivity contribution in [3.63, 3.8) is 0 Å². The second-order valence-corrected chi connectivity index (χ2v) is 5.14. The molecule has 0 radical (unpaired) electrons. The number of halogens is 2. The molecule has 4 nitrogen and oxygen atoms in total. The number of nitrogens with zero attached hydrogens (tertiary/aromatic N) is 1. The molecule has 0 atom stereocenters. The molecule has 0 fully saturated rings. The van der Waals surface area contributed by atoms with E-state index in [9.17, 15) is 23.7 Å². The maximum atomic E-state index is 13.0. The first kappa shape index (κ1) is 15.1. The molecular weight excluding hydrogens is 300 g/mol. The zero-order valence-electron chi connectivity index (χ0n) is 10.6. The molecule has 0 N–H and O–H groups in total. The summed E-state index contributed by atoms with van der Waals surface area (Å²) >= 11 is 1.03. The maximum Gasteiger partial charge on any atom is 0.270 e. The van der Waals surface area contributed by atoms with Crippen molar-refractivity contribution in [1.82, 2.24) is 0 Å². The van der Waals surface area contributed by atoms with E-state index in [0.717, 1.165) is 23.9 Å². The van der Waals surface area contributed by atoms with Crippen LogP contribution < -0.4 is 0 Å². The summed E-state index contributed by atoms with van der Waals surface area (Å²) in [6, 6.07) is 8.72. The highest BCUT2D eigenvalue weighted by molar-refractivity contribution is 8.00. The molecule has 0 aliphatic carbocycles. The van der Waals surface area contributed by atoms with Crippen molar-refractivity contribution in [3.05, 3.63) is 69.8 Å². The normalized spacial score (nSPS) is 10.4. The molecule has 0 bridgehead atoms. The van der Waals surface area contributed by atoms with Gasteiger partial charge in [0.1, 0.15) is 0 Å². The molecule has 0 heterocycles. The summed E-state index contributed by atoms with van der Waals surface area (Å²) in [7, 11) is 0. The van der Waals surface area contributed by atoms with Crippen LogP contribution in [0.5, 0.6) is 0 Å². The summed E-state index contributed by atoms with van der Waals surface area (Å²) in [6.45, 7) is 0. The van der Waals surface area contributed by atoms with E-state index < -0.39 is 16.6 Å². The van der Waals surface area contributed by atoms with Gasteiger partial charge in [0.25, 0.3) is 5.69 Å². The Kier molecular flexibility index (Phi) is 4.64. The number of nitro benzene ring substituents is 1. The number of ketones is 1. The second kappa shape index (κ2) is 6.45. The number of nitro groups is 1. The molecule has 0 aliphatic heterocycles. The van der Waals surface area contributed by atoms with Crippen LogP contribution in [-0.2, 0) is 0 Å². The molecule has 0 aliphatic rings. The number of non-ortho nitro benzene ring substituents is 1. The van der Waals surface area contributed by atoms with Crippen molar-refractivity contribution in [3.8, 4) is 0 Å². The zero-order chi connectivity index (χ0) is 15.4. The third kappa shape index (κ3) is 3.85. The fraction of sp³-hybridized carbons (Fsp3) is 0.0714. The smallest absolute Gasteiger partial charge is 0.270 e. The molecule has 108 valence electrons. The van der Waals surface area contributed by atoms with E-state index in [1.165, 1.54) is 30.3 Å². The van der Waals surface area contributed by atoms with Crippen LogP contribution in [0.2, 0.25) is 0 Å². The van der Waals surface area contributed by atoms with Crippen molar-refractivity contribution in [2.75, 3.05) is 5.75 Å². The van der Waals surface area contributed by atoms with Crippen molar-refractivity contribution in [1.29, 1.82) is 0 Å². The van der Waals surface area contributed by atoms with Gasteiger partial charge < -0.3 is 0 Å². The van der Waals surface area contributed by atoms with Gasteiger partial charge in [0.15, 0.2) is 17.4 Å². The number of benzene rings is 2. The molecule has 0 saturated carbocycles. The molecule has 0 amide bonds. The molecule has 0 spiro atoms.